The Labute approximate surface area is 150 Å². The molecule has 5 rings (SSSR count). The lowest BCUT2D eigenvalue weighted by Crippen LogP contribution is -2.32. The Balaban J connectivity index is 1.97. The average Bonchev–Trinajstić information content (AvgIpc) is 2.60. The van der Waals surface area contributed by atoms with Gasteiger partial charge in [0.05, 0.1) is 22.1 Å². The van der Waals surface area contributed by atoms with Gasteiger partial charge >= 0.3 is 0 Å². The summed E-state index contributed by atoms with van der Waals surface area (Å²) >= 11 is 6.15. The zero-order valence-corrected chi connectivity index (χ0v) is 14.9. The van der Waals surface area contributed by atoms with E-state index in [0.29, 0.717) is 5.02 Å². The summed E-state index contributed by atoms with van der Waals surface area (Å²) in [6.45, 7) is 4.28. The van der Waals surface area contributed by atoms with Crippen molar-refractivity contribution in [2.45, 2.75) is 32.3 Å². The maximum absolute atomic E-state index is 6.38. The van der Waals surface area contributed by atoms with Gasteiger partial charge in [0, 0.05) is 21.4 Å². The molecule has 0 unspecified atom stereocenters. The number of hydrogen-bond donors (Lipinski definition) is 0. The monoisotopic (exact) mass is 348 g/mol. The van der Waals surface area contributed by atoms with E-state index >= 15 is 0 Å². The molecule has 0 spiro atoms. The van der Waals surface area contributed by atoms with Crippen molar-refractivity contribution in [1.29, 1.82) is 0 Å². The van der Waals surface area contributed by atoms with E-state index in [9.17, 15) is 0 Å². The molecule has 4 heteroatoms. The molecule has 124 valence electrons. The topological polar surface area (TPSA) is 35.0 Å². The highest BCUT2D eigenvalue weighted by Crippen LogP contribution is 2.43. The molecule has 1 aromatic heterocycles. The third-order valence-electron chi connectivity index (χ3n) is 4.97. The standard InChI is InChI=1S/C21H17ClN2O/c1-21(2)10-9-15-19-18(13-5-3-4-6-14(13)20(15)25-21)24-17-11-12(22)7-8-16(17)23-19/h3-8,11H,9-10H2,1-2H3. The molecule has 0 bridgehead atoms. The van der Waals surface area contributed by atoms with Crippen LogP contribution >= 0.6 is 11.6 Å². The van der Waals surface area contributed by atoms with Gasteiger partial charge in [0.2, 0.25) is 0 Å². The second-order valence-electron chi connectivity index (χ2n) is 7.27. The summed E-state index contributed by atoms with van der Waals surface area (Å²) in [6.07, 6.45) is 1.91. The lowest BCUT2D eigenvalue weighted by molar-refractivity contribution is 0.0873. The fraction of sp³-hybridized carbons (Fsp3) is 0.238. The van der Waals surface area contributed by atoms with Crippen LogP contribution in [0.4, 0.5) is 0 Å². The van der Waals surface area contributed by atoms with Crippen molar-refractivity contribution in [2.75, 3.05) is 0 Å². The van der Waals surface area contributed by atoms with E-state index in [1.54, 1.807) is 0 Å². The Kier molecular flexibility index (Phi) is 3.02. The molecular formula is C21H17ClN2O. The number of aromatic nitrogens is 2. The molecule has 0 saturated carbocycles. The number of aryl methyl sites for hydroxylation is 1. The Morgan fingerprint density at radius 1 is 0.960 bits per heavy atom. The van der Waals surface area contributed by atoms with Crippen molar-refractivity contribution in [3.05, 3.63) is 53.1 Å². The van der Waals surface area contributed by atoms with Crippen molar-refractivity contribution >= 4 is 44.4 Å². The largest absolute Gasteiger partial charge is 0.487 e. The quantitative estimate of drug-likeness (QED) is 0.302. The minimum Gasteiger partial charge on any atom is -0.487 e. The highest BCUT2D eigenvalue weighted by atomic mass is 35.5. The van der Waals surface area contributed by atoms with E-state index in [4.69, 9.17) is 26.3 Å². The molecule has 4 aromatic rings. The van der Waals surface area contributed by atoms with Crippen molar-refractivity contribution < 1.29 is 4.74 Å². The number of fused-ring (bicyclic) bond motifs is 7. The Hall–Kier alpha value is -2.39. The molecule has 0 aliphatic carbocycles. The van der Waals surface area contributed by atoms with Gasteiger partial charge in [-0.3, -0.25) is 0 Å². The third kappa shape index (κ3) is 2.26. The molecule has 3 aromatic carbocycles. The average molecular weight is 349 g/mol. The van der Waals surface area contributed by atoms with Crippen LogP contribution in [-0.4, -0.2) is 15.6 Å². The van der Waals surface area contributed by atoms with Crippen molar-refractivity contribution in [3.8, 4) is 5.75 Å². The predicted octanol–water partition coefficient (Wildman–Crippen LogP) is 5.69. The number of nitrogens with zero attached hydrogens (tertiary/aromatic N) is 2. The van der Waals surface area contributed by atoms with E-state index in [0.717, 1.165) is 57.0 Å². The number of ether oxygens (including phenoxy) is 1. The van der Waals surface area contributed by atoms with Gasteiger partial charge in [-0.25, -0.2) is 9.97 Å². The molecular weight excluding hydrogens is 332 g/mol. The van der Waals surface area contributed by atoms with Crippen molar-refractivity contribution in [1.82, 2.24) is 9.97 Å². The molecule has 0 N–H and O–H groups in total. The third-order valence-corrected chi connectivity index (χ3v) is 5.20. The summed E-state index contributed by atoms with van der Waals surface area (Å²) in [5, 5.41) is 2.85. The molecule has 3 nitrogen and oxygen atoms in total. The normalized spacial score (nSPS) is 16.1. The van der Waals surface area contributed by atoms with Crippen molar-refractivity contribution in [2.24, 2.45) is 0 Å². The van der Waals surface area contributed by atoms with Gasteiger partial charge in [-0.05, 0) is 44.9 Å². The van der Waals surface area contributed by atoms with Crippen LogP contribution in [0.5, 0.6) is 5.75 Å². The highest BCUT2D eigenvalue weighted by molar-refractivity contribution is 6.31. The van der Waals surface area contributed by atoms with E-state index < -0.39 is 0 Å². The van der Waals surface area contributed by atoms with Crippen molar-refractivity contribution in [3.63, 3.8) is 0 Å². The first kappa shape index (κ1) is 14.9. The summed E-state index contributed by atoms with van der Waals surface area (Å²) in [4.78, 5) is 9.84. The highest BCUT2D eigenvalue weighted by Gasteiger charge is 2.30. The van der Waals surface area contributed by atoms with Gasteiger partial charge < -0.3 is 4.74 Å². The number of benzene rings is 3. The number of rotatable bonds is 0. The van der Waals surface area contributed by atoms with Crippen LogP contribution in [-0.2, 0) is 6.42 Å². The first-order chi connectivity index (χ1) is 12.0. The first-order valence-electron chi connectivity index (χ1n) is 8.51. The molecule has 25 heavy (non-hydrogen) atoms. The molecule has 0 saturated heterocycles. The molecule has 1 aliphatic rings. The number of halogens is 1. The summed E-state index contributed by atoms with van der Waals surface area (Å²) in [5.41, 5.74) is 4.55. The lowest BCUT2D eigenvalue weighted by atomic mass is 9.90. The first-order valence-corrected chi connectivity index (χ1v) is 8.89. The molecule has 0 atom stereocenters. The van der Waals surface area contributed by atoms with Gasteiger partial charge in [-0.15, -0.1) is 0 Å². The molecule has 0 amide bonds. The van der Waals surface area contributed by atoms with Gasteiger partial charge in [0.25, 0.3) is 0 Å². The Morgan fingerprint density at radius 2 is 1.72 bits per heavy atom. The van der Waals surface area contributed by atoms with Crippen LogP contribution < -0.4 is 4.74 Å². The lowest BCUT2D eigenvalue weighted by Gasteiger charge is -2.33. The number of hydrogen-bond acceptors (Lipinski definition) is 3. The van der Waals surface area contributed by atoms with Crippen LogP contribution in [0.25, 0.3) is 32.8 Å². The SMILES string of the molecule is CC1(C)CCc2c(c3ccccc3c3nc4cc(Cl)ccc4nc23)O1. The van der Waals surface area contributed by atoms with Crippen LogP contribution in [0.1, 0.15) is 25.8 Å². The van der Waals surface area contributed by atoms with E-state index in [1.807, 2.05) is 30.3 Å². The Morgan fingerprint density at radius 3 is 2.56 bits per heavy atom. The molecule has 0 radical (unpaired) electrons. The molecule has 1 aliphatic heterocycles. The summed E-state index contributed by atoms with van der Waals surface area (Å²) in [7, 11) is 0. The van der Waals surface area contributed by atoms with Crippen LogP contribution in [0.2, 0.25) is 5.02 Å². The van der Waals surface area contributed by atoms with Crippen LogP contribution in [0.15, 0.2) is 42.5 Å². The van der Waals surface area contributed by atoms with Gasteiger partial charge in [-0.1, -0.05) is 35.9 Å². The van der Waals surface area contributed by atoms with Crippen LogP contribution in [0, 0.1) is 0 Å². The predicted molar refractivity (Wildman–Crippen MR) is 103 cm³/mol. The van der Waals surface area contributed by atoms with Gasteiger partial charge in [-0.2, -0.15) is 0 Å². The smallest absolute Gasteiger partial charge is 0.133 e. The minimum atomic E-state index is -0.165. The maximum atomic E-state index is 6.38. The summed E-state index contributed by atoms with van der Waals surface area (Å²) in [6, 6.07) is 13.9. The van der Waals surface area contributed by atoms with E-state index in [-0.39, 0.29) is 5.60 Å². The van der Waals surface area contributed by atoms with E-state index in [2.05, 4.69) is 26.0 Å². The minimum absolute atomic E-state index is 0.165. The summed E-state index contributed by atoms with van der Waals surface area (Å²) in [5.74, 6) is 0.960. The van der Waals surface area contributed by atoms with Gasteiger partial charge in [0.1, 0.15) is 11.4 Å². The Bertz CT molecular complexity index is 1170. The van der Waals surface area contributed by atoms with Crippen LogP contribution in [0.3, 0.4) is 0 Å². The second-order valence-corrected chi connectivity index (χ2v) is 7.71. The van der Waals surface area contributed by atoms with Gasteiger partial charge in [0.15, 0.2) is 0 Å². The fourth-order valence-corrected chi connectivity index (χ4v) is 3.85. The summed E-state index contributed by atoms with van der Waals surface area (Å²) < 4.78 is 6.38. The maximum Gasteiger partial charge on any atom is 0.133 e. The molecule has 0 fully saturated rings. The second kappa shape index (κ2) is 5.06. The fourth-order valence-electron chi connectivity index (χ4n) is 3.69. The molecule has 2 heterocycles. The zero-order valence-electron chi connectivity index (χ0n) is 14.1. The van der Waals surface area contributed by atoms with E-state index in [1.165, 1.54) is 0 Å². The zero-order chi connectivity index (χ0) is 17.2.